The standard InChI is InChI=1S/C12H9N3O2/c1-14-8-9(3-2-6-13)11-7-10(15(16)17)4-5-12(11)14/h2-5,7-8H,1H3/b3-2+. The van der Waals surface area contributed by atoms with Crippen molar-refractivity contribution in [3.63, 3.8) is 0 Å². The van der Waals surface area contributed by atoms with Crippen LogP contribution in [0.25, 0.3) is 17.0 Å². The molecule has 1 aromatic heterocycles. The molecule has 0 amide bonds. The number of allylic oxidation sites excluding steroid dienone is 1. The summed E-state index contributed by atoms with van der Waals surface area (Å²) in [5.74, 6) is 0. The summed E-state index contributed by atoms with van der Waals surface area (Å²) in [7, 11) is 1.86. The zero-order chi connectivity index (χ0) is 12.4. The van der Waals surface area contributed by atoms with Crippen LogP contribution in [0.2, 0.25) is 0 Å². The second-order valence-corrected chi connectivity index (χ2v) is 3.62. The van der Waals surface area contributed by atoms with E-state index in [2.05, 4.69) is 0 Å². The van der Waals surface area contributed by atoms with Crippen molar-refractivity contribution >= 4 is 22.7 Å². The predicted octanol–water partition coefficient (Wildman–Crippen LogP) is 2.62. The highest BCUT2D eigenvalue weighted by molar-refractivity contribution is 5.91. The molecular formula is C12H9N3O2. The molecule has 84 valence electrons. The highest BCUT2D eigenvalue weighted by Crippen LogP contribution is 2.26. The predicted molar refractivity (Wildman–Crippen MR) is 64.2 cm³/mol. The van der Waals surface area contributed by atoms with Crippen molar-refractivity contribution in [2.75, 3.05) is 0 Å². The molecule has 0 atom stereocenters. The minimum atomic E-state index is -0.426. The Morgan fingerprint density at radius 1 is 1.53 bits per heavy atom. The highest BCUT2D eigenvalue weighted by atomic mass is 16.6. The number of rotatable bonds is 2. The average Bonchev–Trinajstić information content (AvgIpc) is 2.63. The molecular weight excluding hydrogens is 218 g/mol. The lowest BCUT2D eigenvalue weighted by Crippen LogP contribution is -1.88. The number of aromatic nitrogens is 1. The fourth-order valence-corrected chi connectivity index (χ4v) is 1.78. The van der Waals surface area contributed by atoms with Crippen LogP contribution >= 0.6 is 0 Å². The van der Waals surface area contributed by atoms with Gasteiger partial charge >= 0.3 is 0 Å². The van der Waals surface area contributed by atoms with Crippen LogP contribution in [0, 0.1) is 21.4 Å². The van der Waals surface area contributed by atoms with E-state index in [1.165, 1.54) is 18.2 Å². The van der Waals surface area contributed by atoms with Crippen LogP contribution < -0.4 is 0 Å². The van der Waals surface area contributed by atoms with Crippen molar-refractivity contribution in [3.8, 4) is 6.07 Å². The molecule has 0 aliphatic heterocycles. The van der Waals surface area contributed by atoms with Gasteiger partial charge in [0.1, 0.15) is 0 Å². The maximum atomic E-state index is 10.7. The van der Waals surface area contributed by atoms with Gasteiger partial charge in [-0.3, -0.25) is 10.1 Å². The summed E-state index contributed by atoms with van der Waals surface area (Å²) in [4.78, 5) is 10.3. The van der Waals surface area contributed by atoms with Gasteiger partial charge in [0.2, 0.25) is 0 Å². The lowest BCUT2D eigenvalue weighted by molar-refractivity contribution is -0.384. The molecule has 17 heavy (non-hydrogen) atoms. The Labute approximate surface area is 97.3 Å². The molecule has 2 rings (SSSR count). The number of fused-ring (bicyclic) bond motifs is 1. The Hall–Kier alpha value is -2.61. The first-order valence-corrected chi connectivity index (χ1v) is 4.93. The number of non-ortho nitro benzene ring substituents is 1. The van der Waals surface area contributed by atoms with Crippen LogP contribution in [0.1, 0.15) is 5.56 Å². The van der Waals surface area contributed by atoms with Crippen LogP contribution in [-0.4, -0.2) is 9.49 Å². The van der Waals surface area contributed by atoms with Gasteiger partial charge in [0.15, 0.2) is 0 Å². The van der Waals surface area contributed by atoms with Crippen molar-refractivity contribution in [2.45, 2.75) is 0 Å². The summed E-state index contributed by atoms with van der Waals surface area (Å²) in [5, 5.41) is 20.0. The van der Waals surface area contributed by atoms with E-state index in [1.807, 2.05) is 23.9 Å². The zero-order valence-corrected chi connectivity index (χ0v) is 9.12. The third-order valence-corrected chi connectivity index (χ3v) is 2.55. The Balaban J connectivity index is 2.69. The molecule has 5 nitrogen and oxygen atoms in total. The van der Waals surface area contributed by atoms with Crippen molar-refractivity contribution < 1.29 is 4.92 Å². The lowest BCUT2D eigenvalue weighted by Gasteiger charge is -1.95. The second kappa shape index (κ2) is 4.10. The number of nitro benzene ring substituents is 1. The maximum Gasteiger partial charge on any atom is 0.270 e. The van der Waals surface area contributed by atoms with Gasteiger partial charge in [-0.25, -0.2) is 0 Å². The van der Waals surface area contributed by atoms with Crippen molar-refractivity contribution in [1.29, 1.82) is 5.26 Å². The third-order valence-electron chi connectivity index (χ3n) is 2.55. The van der Waals surface area contributed by atoms with Crippen molar-refractivity contribution in [1.82, 2.24) is 4.57 Å². The quantitative estimate of drug-likeness (QED) is 0.449. The molecule has 5 heteroatoms. The Kier molecular flexibility index (Phi) is 2.63. The molecule has 0 N–H and O–H groups in total. The molecule has 0 aliphatic rings. The minimum Gasteiger partial charge on any atom is -0.350 e. The van der Waals surface area contributed by atoms with Crippen LogP contribution in [0.3, 0.4) is 0 Å². The van der Waals surface area contributed by atoms with E-state index in [4.69, 9.17) is 5.26 Å². The Bertz CT molecular complexity index is 662. The second-order valence-electron chi connectivity index (χ2n) is 3.62. The lowest BCUT2D eigenvalue weighted by atomic mass is 10.1. The van der Waals surface area contributed by atoms with Crippen LogP contribution in [0.5, 0.6) is 0 Å². The number of hydrogen-bond acceptors (Lipinski definition) is 3. The van der Waals surface area contributed by atoms with Gasteiger partial charge in [0.25, 0.3) is 5.69 Å². The summed E-state index contributed by atoms with van der Waals surface area (Å²) in [6.07, 6.45) is 4.84. The van der Waals surface area contributed by atoms with Gasteiger partial charge in [-0.1, -0.05) is 0 Å². The summed E-state index contributed by atoms with van der Waals surface area (Å²) >= 11 is 0. The normalized spacial score (nSPS) is 10.8. The molecule has 0 fully saturated rings. The van der Waals surface area contributed by atoms with Gasteiger partial charge in [-0.2, -0.15) is 5.26 Å². The Morgan fingerprint density at radius 3 is 2.94 bits per heavy atom. The van der Waals surface area contributed by atoms with Crippen LogP contribution in [0.15, 0.2) is 30.5 Å². The molecule has 0 radical (unpaired) electrons. The van der Waals surface area contributed by atoms with Gasteiger partial charge in [0, 0.05) is 47.9 Å². The first-order chi connectivity index (χ1) is 8.13. The topological polar surface area (TPSA) is 71.9 Å². The molecule has 0 saturated heterocycles. The Morgan fingerprint density at radius 2 is 2.29 bits per heavy atom. The summed E-state index contributed by atoms with van der Waals surface area (Å²) in [6.45, 7) is 0. The average molecular weight is 227 g/mol. The smallest absolute Gasteiger partial charge is 0.270 e. The highest BCUT2D eigenvalue weighted by Gasteiger charge is 2.10. The van der Waals surface area contributed by atoms with Gasteiger partial charge < -0.3 is 4.57 Å². The first-order valence-electron chi connectivity index (χ1n) is 4.93. The van der Waals surface area contributed by atoms with Crippen molar-refractivity contribution in [3.05, 3.63) is 46.1 Å². The van der Waals surface area contributed by atoms with Gasteiger partial charge in [0.05, 0.1) is 11.0 Å². The van der Waals surface area contributed by atoms with E-state index in [1.54, 1.807) is 12.1 Å². The minimum absolute atomic E-state index is 0.0512. The molecule has 0 saturated carbocycles. The molecule has 0 unspecified atom stereocenters. The number of nitrogens with zero attached hydrogens (tertiary/aromatic N) is 3. The number of hydrogen-bond donors (Lipinski definition) is 0. The number of benzene rings is 1. The number of nitriles is 1. The fourth-order valence-electron chi connectivity index (χ4n) is 1.78. The number of aryl methyl sites for hydroxylation is 1. The molecule has 2 aromatic rings. The van der Waals surface area contributed by atoms with E-state index in [0.717, 1.165) is 16.5 Å². The SMILES string of the molecule is Cn1cc(/C=C/C#N)c2cc([N+](=O)[O-])ccc21. The van der Waals surface area contributed by atoms with E-state index in [-0.39, 0.29) is 5.69 Å². The van der Waals surface area contributed by atoms with Crippen LogP contribution in [0.4, 0.5) is 5.69 Å². The van der Waals surface area contributed by atoms with E-state index >= 15 is 0 Å². The third kappa shape index (κ3) is 1.88. The molecule has 0 bridgehead atoms. The van der Waals surface area contributed by atoms with Crippen LogP contribution in [-0.2, 0) is 7.05 Å². The number of nitro groups is 1. The van der Waals surface area contributed by atoms with E-state index < -0.39 is 4.92 Å². The van der Waals surface area contributed by atoms with E-state index in [0.29, 0.717) is 0 Å². The first kappa shape index (κ1) is 10.9. The maximum absolute atomic E-state index is 10.7. The zero-order valence-electron chi connectivity index (χ0n) is 9.12. The molecule has 0 aliphatic carbocycles. The summed E-state index contributed by atoms with van der Waals surface area (Å²) in [5.41, 5.74) is 1.75. The summed E-state index contributed by atoms with van der Waals surface area (Å²) < 4.78 is 1.87. The summed E-state index contributed by atoms with van der Waals surface area (Å²) in [6, 6.07) is 6.60. The molecule has 1 aromatic carbocycles. The molecule has 0 spiro atoms. The fraction of sp³-hybridized carbons (Fsp3) is 0.0833. The van der Waals surface area contributed by atoms with E-state index in [9.17, 15) is 10.1 Å². The molecule has 1 heterocycles. The largest absolute Gasteiger partial charge is 0.350 e. The monoisotopic (exact) mass is 227 g/mol. The van der Waals surface area contributed by atoms with Gasteiger partial charge in [-0.05, 0) is 12.1 Å². The van der Waals surface area contributed by atoms with Crippen molar-refractivity contribution in [2.24, 2.45) is 7.05 Å². The van der Waals surface area contributed by atoms with Gasteiger partial charge in [-0.15, -0.1) is 0 Å².